The van der Waals surface area contributed by atoms with Crippen LogP contribution in [-0.2, 0) is 0 Å². The van der Waals surface area contributed by atoms with E-state index < -0.39 is 0 Å². The molecular formula is C6H13NOSi. The highest BCUT2D eigenvalue weighted by Crippen LogP contribution is 2.13. The Morgan fingerprint density at radius 3 is 3.22 bits per heavy atom. The third-order valence-corrected chi connectivity index (χ3v) is 2.96. The van der Waals surface area contributed by atoms with Crippen LogP contribution in [0.4, 0.5) is 0 Å². The fourth-order valence-electron chi connectivity index (χ4n) is 1.03. The molecular weight excluding hydrogens is 130 g/mol. The first-order valence-corrected chi connectivity index (χ1v) is 4.60. The molecule has 0 amide bonds. The van der Waals surface area contributed by atoms with Crippen molar-refractivity contribution in [2.24, 2.45) is 0 Å². The van der Waals surface area contributed by atoms with E-state index in [-0.39, 0.29) is 0 Å². The highest BCUT2D eigenvalue weighted by atomic mass is 28.2. The van der Waals surface area contributed by atoms with Crippen LogP contribution >= 0.6 is 0 Å². The molecule has 2 N–H and O–H groups in total. The number of rotatable bonds is 1. The molecule has 0 saturated carbocycles. The smallest absolute Gasteiger partial charge is 0.144 e. The van der Waals surface area contributed by atoms with Gasteiger partial charge < -0.3 is 10.1 Å². The Bertz CT molecular complexity index is 71.5. The summed E-state index contributed by atoms with van der Waals surface area (Å²) in [5, 5.41) is 8.78. The standard InChI is InChI=1S/C6H13NOSi/c8-5-6-3-1-2-4-7-9-6/h6-8H,1-5H2/t6-/m0/s1. The average Bonchev–Trinajstić information content (AvgIpc) is 2.13. The molecule has 1 fully saturated rings. The zero-order chi connectivity index (χ0) is 6.53. The molecule has 1 atom stereocenters. The van der Waals surface area contributed by atoms with E-state index in [2.05, 4.69) is 4.98 Å². The molecule has 1 heterocycles. The summed E-state index contributed by atoms with van der Waals surface area (Å²) < 4.78 is 0. The molecule has 2 radical (unpaired) electrons. The molecule has 3 heteroatoms. The van der Waals surface area contributed by atoms with Gasteiger partial charge in [-0.15, -0.1) is 0 Å². The lowest BCUT2D eigenvalue weighted by Gasteiger charge is -2.06. The van der Waals surface area contributed by atoms with Crippen molar-refractivity contribution < 1.29 is 5.11 Å². The van der Waals surface area contributed by atoms with E-state index in [0.717, 1.165) is 16.2 Å². The summed E-state index contributed by atoms with van der Waals surface area (Å²) >= 11 is 0. The monoisotopic (exact) mass is 143 g/mol. The van der Waals surface area contributed by atoms with E-state index in [1.807, 2.05) is 0 Å². The number of nitrogens with one attached hydrogen (secondary N) is 1. The van der Waals surface area contributed by atoms with Crippen molar-refractivity contribution in [2.75, 3.05) is 13.2 Å². The summed E-state index contributed by atoms with van der Waals surface area (Å²) in [5.74, 6) is 0. The Morgan fingerprint density at radius 2 is 2.44 bits per heavy atom. The third-order valence-electron chi connectivity index (χ3n) is 1.63. The number of hydrogen-bond acceptors (Lipinski definition) is 2. The van der Waals surface area contributed by atoms with Gasteiger partial charge in [-0.1, -0.05) is 6.42 Å². The quantitative estimate of drug-likeness (QED) is 0.512. The van der Waals surface area contributed by atoms with Crippen molar-refractivity contribution in [3.8, 4) is 0 Å². The lowest BCUT2D eigenvalue weighted by atomic mass is 10.2. The Balaban J connectivity index is 2.18. The number of aliphatic hydroxyl groups is 1. The molecule has 2 nitrogen and oxygen atoms in total. The fourth-order valence-corrected chi connectivity index (χ4v) is 2.08. The second-order valence-corrected chi connectivity index (χ2v) is 3.91. The van der Waals surface area contributed by atoms with Crippen molar-refractivity contribution in [1.82, 2.24) is 4.98 Å². The first-order chi connectivity index (χ1) is 4.43. The van der Waals surface area contributed by atoms with E-state index in [9.17, 15) is 0 Å². The van der Waals surface area contributed by atoms with E-state index in [0.29, 0.717) is 12.1 Å². The normalized spacial score (nSPS) is 29.7. The van der Waals surface area contributed by atoms with Gasteiger partial charge >= 0.3 is 0 Å². The van der Waals surface area contributed by atoms with Gasteiger partial charge in [0.15, 0.2) is 0 Å². The van der Waals surface area contributed by atoms with Crippen LogP contribution in [0.1, 0.15) is 19.3 Å². The lowest BCUT2D eigenvalue weighted by Crippen LogP contribution is -2.23. The predicted octanol–water partition coefficient (Wildman–Crippen LogP) is 0.160. The molecule has 1 rings (SSSR count). The SMILES string of the molecule is OC[C@@H]1CCCCN[Si]1. The van der Waals surface area contributed by atoms with Crippen molar-refractivity contribution in [2.45, 2.75) is 24.8 Å². The van der Waals surface area contributed by atoms with Gasteiger partial charge in [0, 0.05) is 6.61 Å². The van der Waals surface area contributed by atoms with Crippen LogP contribution in [0.2, 0.25) is 5.54 Å². The summed E-state index contributed by atoms with van der Waals surface area (Å²) in [5.41, 5.74) is 0.549. The third kappa shape index (κ3) is 2.47. The van der Waals surface area contributed by atoms with Gasteiger partial charge in [0.05, 0.1) is 0 Å². The fraction of sp³-hybridized carbons (Fsp3) is 1.00. The topological polar surface area (TPSA) is 32.3 Å². The van der Waals surface area contributed by atoms with Crippen LogP contribution < -0.4 is 4.98 Å². The van der Waals surface area contributed by atoms with Gasteiger partial charge in [-0.25, -0.2) is 0 Å². The van der Waals surface area contributed by atoms with Crippen molar-refractivity contribution >= 4 is 9.68 Å². The van der Waals surface area contributed by atoms with E-state index in [4.69, 9.17) is 5.11 Å². The lowest BCUT2D eigenvalue weighted by molar-refractivity contribution is 0.283. The van der Waals surface area contributed by atoms with Gasteiger partial charge in [0.25, 0.3) is 0 Å². The maximum absolute atomic E-state index is 8.78. The van der Waals surface area contributed by atoms with Crippen LogP contribution in [0.5, 0.6) is 0 Å². The summed E-state index contributed by atoms with van der Waals surface area (Å²) in [4.78, 5) is 3.32. The molecule has 1 saturated heterocycles. The van der Waals surface area contributed by atoms with Crippen molar-refractivity contribution in [3.05, 3.63) is 0 Å². The van der Waals surface area contributed by atoms with Gasteiger partial charge in [-0.2, -0.15) is 0 Å². The van der Waals surface area contributed by atoms with Crippen molar-refractivity contribution in [3.63, 3.8) is 0 Å². The van der Waals surface area contributed by atoms with Gasteiger partial charge in [-0.05, 0) is 24.9 Å². The van der Waals surface area contributed by atoms with E-state index >= 15 is 0 Å². The molecule has 0 unspecified atom stereocenters. The van der Waals surface area contributed by atoms with Crippen LogP contribution in [-0.4, -0.2) is 27.9 Å². The summed E-state index contributed by atoms with van der Waals surface area (Å²) in [6, 6.07) is 0. The van der Waals surface area contributed by atoms with Gasteiger partial charge in [-0.3, -0.25) is 0 Å². The number of aliphatic hydroxyl groups excluding tert-OH is 1. The minimum atomic E-state index is 0.367. The second kappa shape index (κ2) is 4.03. The van der Waals surface area contributed by atoms with Crippen LogP contribution in [0.3, 0.4) is 0 Å². The number of hydrogen-bond donors (Lipinski definition) is 2. The molecule has 0 bridgehead atoms. The zero-order valence-corrected chi connectivity index (χ0v) is 6.56. The van der Waals surface area contributed by atoms with Gasteiger partial charge in [0.1, 0.15) is 9.68 Å². The van der Waals surface area contributed by atoms with Crippen LogP contribution in [0, 0.1) is 0 Å². The highest BCUT2D eigenvalue weighted by molar-refractivity contribution is 6.34. The van der Waals surface area contributed by atoms with Crippen molar-refractivity contribution in [1.29, 1.82) is 0 Å². The second-order valence-electron chi connectivity index (χ2n) is 2.45. The maximum atomic E-state index is 8.78. The summed E-state index contributed by atoms with van der Waals surface area (Å²) in [7, 11) is 0.786. The predicted molar refractivity (Wildman–Crippen MR) is 38.4 cm³/mol. The Kier molecular flexibility index (Phi) is 3.25. The van der Waals surface area contributed by atoms with Crippen LogP contribution in [0.15, 0.2) is 0 Å². The molecule has 1 aliphatic heterocycles. The first-order valence-electron chi connectivity index (χ1n) is 3.52. The molecule has 1 aliphatic rings. The Labute approximate surface area is 58.6 Å². The molecule has 0 aromatic rings. The Hall–Kier alpha value is 0.137. The minimum absolute atomic E-state index is 0.367. The summed E-state index contributed by atoms with van der Waals surface area (Å²) in [6.45, 7) is 1.51. The Morgan fingerprint density at radius 1 is 1.56 bits per heavy atom. The molecule has 0 aromatic heterocycles. The first kappa shape index (κ1) is 7.25. The molecule has 9 heavy (non-hydrogen) atoms. The minimum Gasteiger partial charge on any atom is -0.396 e. The molecule has 0 spiro atoms. The van der Waals surface area contributed by atoms with Gasteiger partial charge in [0.2, 0.25) is 0 Å². The molecule has 0 aliphatic carbocycles. The average molecular weight is 143 g/mol. The zero-order valence-electron chi connectivity index (χ0n) is 5.56. The largest absolute Gasteiger partial charge is 0.396 e. The van der Waals surface area contributed by atoms with E-state index in [1.54, 1.807) is 0 Å². The van der Waals surface area contributed by atoms with E-state index in [1.165, 1.54) is 19.3 Å². The maximum Gasteiger partial charge on any atom is 0.144 e. The summed E-state index contributed by atoms with van der Waals surface area (Å²) in [6.07, 6.45) is 3.77. The highest BCUT2D eigenvalue weighted by Gasteiger charge is 2.10. The molecule has 0 aromatic carbocycles. The molecule has 52 valence electrons. The van der Waals surface area contributed by atoms with Crippen LogP contribution in [0.25, 0.3) is 0 Å².